The highest BCUT2D eigenvalue weighted by atomic mass is 32.2. The van der Waals surface area contributed by atoms with E-state index in [0.29, 0.717) is 11.3 Å². The number of rotatable bonds is 4. The second kappa shape index (κ2) is 6.63. The average Bonchev–Trinajstić information content (AvgIpc) is 3.33. The first kappa shape index (κ1) is 19.0. The van der Waals surface area contributed by atoms with E-state index in [4.69, 9.17) is 9.15 Å². The number of sulfonamides is 1. The quantitative estimate of drug-likeness (QED) is 0.810. The molecule has 0 bridgehead atoms. The highest BCUT2D eigenvalue weighted by Gasteiger charge is 2.30. The minimum atomic E-state index is -4.25. The lowest BCUT2D eigenvalue weighted by molar-refractivity contribution is 0.0779. The SMILES string of the molecule is CC(C)(O)c1coc(S(=O)(=O)NC(=O)Oc2c3c(cc4c2CCC4)CCC3)c1. The molecule has 0 saturated heterocycles. The fraction of sp³-hybridized carbons (Fsp3) is 0.450. The number of carbonyl (C=O) groups excluding carboxylic acids is 1. The predicted octanol–water partition coefficient (Wildman–Crippen LogP) is 2.96. The molecule has 0 atom stereocenters. The zero-order chi connectivity index (χ0) is 20.1. The summed E-state index contributed by atoms with van der Waals surface area (Å²) in [6, 6.07) is 3.39. The van der Waals surface area contributed by atoms with Gasteiger partial charge in [0, 0.05) is 11.6 Å². The molecule has 2 aliphatic carbocycles. The Labute approximate surface area is 163 Å². The largest absolute Gasteiger partial charge is 0.451 e. The van der Waals surface area contributed by atoms with E-state index >= 15 is 0 Å². The minimum Gasteiger partial charge on any atom is -0.451 e. The maximum atomic E-state index is 12.5. The molecular weight excluding hydrogens is 382 g/mol. The first-order chi connectivity index (χ1) is 13.1. The van der Waals surface area contributed by atoms with Crippen LogP contribution < -0.4 is 9.46 Å². The number of benzene rings is 1. The maximum Gasteiger partial charge on any atom is 0.426 e. The fourth-order valence-corrected chi connectivity index (χ4v) is 4.76. The predicted molar refractivity (Wildman–Crippen MR) is 101 cm³/mol. The van der Waals surface area contributed by atoms with Crippen molar-refractivity contribution in [3.8, 4) is 5.75 Å². The number of hydrogen-bond acceptors (Lipinski definition) is 6. The standard InChI is InChI=1S/C20H23NO6S/c1-20(2,23)14-10-17(26-11-14)28(24,25)21-19(22)27-18-15-7-3-5-12(15)9-13-6-4-8-16(13)18/h9-11,23H,3-8H2,1-2H3,(H,21,22). The first-order valence-corrected chi connectivity index (χ1v) is 10.9. The molecule has 1 amide bonds. The zero-order valence-corrected chi connectivity index (χ0v) is 16.7. The van der Waals surface area contributed by atoms with Crippen LogP contribution in [0.4, 0.5) is 4.79 Å². The second-order valence-electron chi connectivity index (χ2n) is 7.90. The molecule has 1 aromatic carbocycles. The molecule has 0 unspecified atom stereocenters. The van der Waals surface area contributed by atoms with Gasteiger partial charge in [-0.3, -0.25) is 0 Å². The summed E-state index contributed by atoms with van der Waals surface area (Å²) in [5, 5.41) is 9.50. The minimum absolute atomic E-state index is 0.292. The van der Waals surface area contributed by atoms with E-state index in [-0.39, 0.29) is 0 Å². The summed E-state index contributed by atoms with van der Waals surface area (Å²) in [5.74, 6) is 0.520. The lowest BCUT2D eigenvalue weighted by Crippen LogP contribution is -2.33. The monoisotopic (exact) mass is 405 g/mol. The molecule has 0 radical (unpaired) electrons. The van der Waals surface area contributed by atoms with E-state index in [1.165, 1.54) is 31.0 Å². The Kier molecular flexibility index (Phi) is 4.50. The highest BCUT2D eigenvalue weighted by molar-refractivity contribution is 7.89. The van der Waals surface area contributed by atoms with Crippen LogP contribution in [-0.2, 0) is 41.3 Å². The first-order valence-electron chi connectivity index (χ1n) is 9.37. The van der Waals surface area contributed by atoms with Crippen molar-refractivity contribution < 1.29 is 27.5 Å². The van der Waals surface area contributed by atoms with Crippen molar-refractivity contribution in [2.45, 2.75) is 63.1 Å². The van der Waals surface area contributed by atoms with E-state index in [1.54, 1.807) is 0 Å². The van der Waals surface area contributed by atoms with E-state index in [2.05, 4.69) is 6.07 Å². The van der Waals surface area contributed by atoms with Crippen LogP contribution in [0.1, 0.15) is 54.5 Å². The van der Waals surface area contributed by atoms with Crippen molar-refractivity contribution in [2.24, 2.45) is 0 Å². The van der Waals surface area contributed by atoms with Gasteiger partial charge in [0.2, 0.25) is 5.09 Å². The Balaban J connectivity index is 1.56. The van der Waals surface area contributed by atoms with E-state index in [9.17, 15) is 18.3 Å². The van der Waals surface area contributed by atoms with Crippen LogP contribution >= 0.6 is 0 Å². The normalized spacial score (nSPS) is 16.0. The molecule has 7 nitrogen and oxygen atoms in total. The van der Waals surface area contributed by atoms with Gasteiger partial charge in [0.1, 0.15) is 5.75 Å². The third-order valence-corrected chi connectivity index (χ3v) is 6.56. The van der Waals surface area contributed by atoms with Crippen LogP contribution in [0.25, 0.3) is 0 Å². The van der Waals surface area contributed by atoms with Crippen molar-refractivity contribution in [2.75, 3.05) is 0 Å². The third kappa shape index (κ3) is 3.42. The second-order valence-corrected chi connectivity index (χ2v) is 9.51. The van der Waals surface area contributed by atoms with E-state index in [1.807, 2.05) is 4.72 Å². The maximum absolute atomic E-state index is 12.5. The summed E-state index contributed by atoms with van der Waals surface area (Å²) in [4.78, 5) is 12.4. The van der Waals surface area contributed by atoms with Gasteiger partial charge in [0.15, 0.2) is 0 Å². The van der Waals surface area contributed by atoms with Crippen molar-refractivity contribution in [1.82, 2.24) is 4.72 Å². The molecule has 150 valence electrons. The van der Waals surface area contributed by atoms with Crippen LogP contribution in [0.3, 0.4) is 0 Å². The van der Waals surface area contributed by atoms with Gasteiger partial charge in [-0.1, -0.05) is 6.07 Å². The summed E-state index contributed by atoms with van der Waals surface area (Å²) in [5.41, 5.74) is 3.42. The Hall–Kier alpha value is -2.32. The summed E-state index contributed by atoms with van der Waals surface area (Å²) in [6.07, 6.45) is 5.64. The van der Waals surface area contributed by atoms with Gasteiger partial charge in [0.25, 0.3) is 10.0 Å². The lowest BCUT2D eigenvalue weighted by Gasteiger charge is -2.15. The fourth-order valence-electron chi connectivity index (χ4n) is 3.94. The van der Waals surface area contributed by atoms with Crippen molar-refractivity contribution in [1.29, 1.82) is 0 Å². The molecule has 2 N–H and O–H groups in total. The summed E-state index contributed by atoms with van der Waals surface area (Å²) >= 11 is 0. The summed E-state index contributed by atoms with van der Waals surface area (Å²) in [7, 11) is -4.25. The van der Waals surface area contributed by atoms with Crippen LogP contribution in [0.2, 0.25) is 0 Å². The molecule has 1 aromatic heterocycles. The Morgan fingerprint density at radius 1 is 1.11 bits per heavy atom. The Morgan fingerprint density at radius 3 is 2.25 bits per heavy atom. The molecule has 1 heterocycles. The third-order valence-electron chi connectivity index (χ3n) is 5.38. The van der Waals surface area contributed by atoms with Gasteiger partial charge >= 0.3 is 6.09 Å². The summed E-state index contributed by atoms with van der Waals surface area (Å²) < 4.78 is 37.4. The van der Waals surface area contributed by atoms with Gasteiger partial charge in [-0.25, -0.2) is 9.52 Å². The van der Waals surface area contributed by atoms with Gasteiger partial charge < -0.3 is 14.3 Å². The Bertz CT molecular complexity index is 1010. The zero-order valence-electron chi connectivity index (χ0n) is 15.9. The molecule has 8 heteroatoms. The Morgan fingerprint density at radius 2 is 1.71 bits per heavy atom. The molecule has 4 rings (SSSR count). The molecule has 2 aromatic rings. The van der Waals surface area contributed by atoms with Crippen molar-refractivity contribution in [3.63, 3.8) is 0 Å². The van der Waals surface area contributed by atoms with Crippen LogP contribution in [-0.4, -0.2) is 19.6 Å². The van der Waals surface area contributed by atoms with Crippen LogP contribution in [0.15, 0.2) is 27.9 Å². The molecule has 0 spiro atoms. The van der Waals surface area contributed by atoms with E-state index < -0.39 is 26.8 Å². The van der Waals surface area contributed by atoms with Crippen molar-refractivity contribution >= 4 is 16.1 Å². The molecule has 0 aliphatic heterocycles. The number of carbonyl (C=O) groups is 1. The van der Waals surface area contributed by atoms with Gasteiger partial charge in [0.05, 0.1) is 11.9 Å². The number of nitrogens with one attached hydrogen (secondary N) is 1. The smallest absolute Gasteiger partial charge is 0.426 e. The van der Waals surface area contributed by atoms with Gasteiger partial charge in [-0.2, -0.15) is 8.42 Å². The van der Waals surface area contributed by atoms with Crippen molar-refractivity contribution in [3.05, 3.63) is 46.2 Å². The van der Waals surface area contributed by atoms with E-state index in [0.717, 1.165) is 55.9 Å². The lowest BCUT2D eigenvalue weighted by atomic mass is 10.0. The molecule has 28 heavy (non-hydrogen) atoms. The van der Waals surface area contributed by atoms with Crippen LogP contribution in [0, 0.1) is 0 Å². The number of hydrogen-bond donors (Lipinski definition) is 2. The number of aliphatic hydroxyl groups is 1. The number of fused-ring (bicyclic) bond motifs is 2. The number of aryl methyl sites for hydroxylation is 2. The summed E-state index contributed by atoms with van der Waals surface area (Å²) in [6.45, 7) is 3.01. The molecule has 0 fully saturated rings. The molecule has 0 saturated carbocycles. The number of ether oxygens (including phenoxy) is 1. The number of amides is 1. The van der Waals surface area contributed by atoms with Gasteiger partial charge in [-0.05, 0) is 74.6 Å². The van der Waals surface area contributed by atoms with Gasteiger partial charge in [-0.15, -0.1) is 0 Å². The molecule has 2 aliphatic rings. The average molecular weight is 405 g/mol. The van der Waals surface area contributed by atoms with Crippen LogP contribution in [0.5, 0.6) is 5.75 Å². The molecular formula is C20H23NO6S. The topological polar surface area (TPSA) is 106 Å². The highest BCUT2D eigenvalue weighted by Crippen LogP contribution is 2.40. The number of furan rings is 1.